The van der Waals surface area contributed by atoms with Crippen molar-refractivity contribution in [3.63, 3.8) is 0 Å². The zero-order chi connectivity index (χ0) is 10.9. The van der Waals surface area contributed by atoms with Gasteiger partial charge in [-0.25, -0.2) is 4.79 Å². The van der Waals surface area contributed by atoms with Gasteiger partial charge < -0.3 is 9.64 Å². The molecule has 2 unspecified atom stereocenters. The Bertz CT molecular complexity index is 225. The van der Waals surface area contributed by atoms with Crippen LogP contribution < -0.4 is 0 Å². The van der Waals surface area contributed by atoms with E-state index in [1.165, 1.54) is 7.11 Å². The van der Waals surface area contributed by atoms with Gasteiger partial charge in [0.25, 0.3) is 0 Å². The van der Waals surface area contributed by atoms with E-state index in [4.69, 9.17) is 4.74 Å². The summed E-state index contributed by atoms with van der Waals surface area (Å²) >= 11 is 0. The smallest absolute Gasteiger partial charge is 0.409 e. The number of methoxy groups -OCH3 is 1. The lowest BCUT2D eigenvalue weighted by atomic mass is 9.78. The topological polar surface area (TPSA) is 29.5 Å². The minimum absolute atomic E-state index is 0.0704. The summed E-state index contributed by atoms with van der Waals surface area (Å²) in [6.07, 6.45) is 0.845. The van der Waals surface area contributed by atoms with Crippen molar-refractivity contribution < 1.29 is 9.53 Å². The Morgan fingerprint density at radius 2 is 1.93 bits per heavy atom. The van der Waals surface area contributed by atoms with Crippen LogP contribution in [-0.4, -0.2) is 30.2 Å². The van der Waals surface area contributed by atoms with E-state index in [0.717, 1.165) is 13.0 Å². The standard InChI is InChI=1S/C11H21NO2/c1-8-6-11(3,4)12(7-9(8)2)10(13)14-5/h8-9H,6-7H2,1-5H3. The fourth-order valence-corrected chi connectivity index (χ4v) is 2.25. The molecule has 0 aliphatic carbocycles. The molecule has 1 heterocycles. The maximum Gasteiger partial charge on any atom is 0.409 e. The van der Waals surface area contributed by atoms with Crippen LogP contribution in [0.3, 0.4) is 0 Å². The highest BCUT2D eigenvalue weighted by Crippen LogP contribution is 2.34. The van der Waals surface area contributed by atoms with Crippen molar-refractivity contribution in [2.24, 2.45) is 11.8 Å². The van der Waals surface area contributed by atoms with Crippen LogP contribution in [0, 0.1) is 11.8 Å². The summed E-state index contributed by atoms with van der Waals surface area (Å²) < 4.78 is 4.80. The van der Waals surface area contributed by atoms with Crippen molar-refractivity contribution in [1.82, 2.24) is 4.90 Å². The molecule has 1 amide bonds. The van der Waals surface area contributed by atoms with E-state index in [1.54, 1.807) is 0 Å². The summed E-state index contributed by atoms with van der Waals surface area (Å²) in [4.78, 5) is 13.4. The van der Waals surface area contributed by atoms with Crippen LogP contribution in [0.25, 0.3) is 0 Å². The molecule has 82 valence electrons. The van der Waals surface area contributed by atoms with Gasteiger partial charge in [0.05, 0.1) is 7.11 Å². The lowest BCUT2D eigenvalue weighted by Gasteiger charge is -2.46. The van der Waals surface area contributed by atoms with Crippen molar-refractivity contribution in [1.29, 1.82) is 0 Å². The first-order valence-corrected chi connectivity index (χ1v) is 5.24. The monoisotopic (exact) mass is 199 g/mol. The average Bonchev–Trinajstić information content (AvgIpc) is 2.09. The molecule has 1 rings (SSSR count). The van der Waals surface area contributed by atoms with Crippen LogP contribution in [0.2, 0.25) is 0 Å². The van der Waals surface area contributed by atoms with Crippen LogP contribution in [0.15, 0.2) is 0 Å². The molecule has 1 aliphatic heterocycles. The Morgan fingerprint density at radius 3 is 2.43 bits per heavy atom. The Hall–Kier alpha value is -0.730. The third kappa shape index (κ3) is 2.02. The van der Waals surface area contributed by atoms with Gasteiger partial charge in [-0.2, -0.15) is 0 Å². The van der Waals surface area contributed by atoms with E-state index in [0.29, 0.717) is 11.8 Å². The number of carbonyl (C=O) groups is 1. The third-order valence-electron chi connectivity index (χ3n) is 3.39. The van der Waals surface area contributed by atoms with Gasteiger partial charge >= 0.3 is 6.09 Å². The number of likely N-dealkylation sites (tertiary alicyclic amines) is 1. The van der Waals surface area contributed by atoms with Crippen LogP contribution in [0.4, 0.5) is 4.79 Å². The second-order valence-electron chi connectivity index (χ2n) is 5.05. The Labute approximate surface area is 86.4 Å². The van der Waals surface area contributed by atoms with Crippen molar-refractivity contribution in [3.8, 4) is 0 Å². The maximum atomic E-state index is 11.5. The molecule has 0 N–H and O–H groups in total. The number of ether oxygens (including phenoxy) is 1. The SMILES string of the molecule is COC(=O)N1CC(C)C(C)CC1(C)C. The molecular formula is C11H21NO2. The summed E-state index contributed by atoms with van der Waals surface area (Å²) in [5, 5.41) is 0. The molecule has 0 aromatic rings. The molecule has 3 nitrogen and oxygen atoms in total. The summed E-state index contributed by atoms with van der Waals surface area (Å²) in [5.41, 5.74) is -0.0704. The second-order valence-corrected chi connectivity index (χ2v) is 5.05. The van der Waals surface area contributed by atoms with Crippen molar-refractivity contribution >= 4 is 6.09 Å². The fraction of sp³-hybridized carbons (Fsp3) is 0.909. The van der Waals surface area contributed by atoms with Gasteiger partial charge in [0.15, 0.2) is 0 Å². The molecule has 0 aromatic heterocycles. The van der Waals surface area contributed by atoms with E-state index < -0.39 is 0 Å². The molecule has 0 radical (unpaired) electrons. The lowest BCUT2D eigenvalue weighted by molar-refractivity contribution is 0.0178. The highest BCUT2D eigenvalue weighted by Gasteiger charge is 2.39. The van der Waals surface area contributed by atoms with E-state index >= 15 is 0 Å². The van der Waals surface area contributed by atoms with Gasteiger partial charge in [-0.3, -0.25) is 0 Å². The zero-order valence-corrected chi connectivity index (χ0v) is 9.83. The summed E-state index contributed by atoms with van der Waals surface area (Å²) in [7, 11) is 1.45. The summed E-state index contributed by atoms with van der Waals surface area (Å²) in [6, 6.07) is 0. The van der Waals surface area contributed by atoms with E-state index in [9.17, 15) is 4.79 Å². The Balaban J connectivity index is 2.79. The normalized spacial score (nSPS) is 31.4. The first kappa shape index (κ1) is 11.3. The first-order valence-electron chi connectivity index (χ1n) is 5.24. The minimum atomic E-state index is -0.200. The first-order chi connectivity index (χ1) is 6.38. The van der Waals surface area contributed by atoms with Crippen LogP contribution >= 0.6 is 0 Å². The quantitative estimate of drug-likeness (QED) is 0.600. The van der Waals surface area contributed by atoms with E-state index in [2.05, 4.69) is 27.7 Å². The van der Waals surface area contributed by atoms with Gasteiger partial charge in [-0.05, 0) is 32.1 Å². The molecular weight excluding hydrogens is 178 g/mol. The number of piperidine rings is 1. The molecule has 1 aliphatic rings. The lowest BCUT2D eigenvalue weighted by Crippen LogP contribution is -2.55. The van der Waals surface area contributed by atoms with Crippen molar-refractivity contribution in [3.05, 3.63) is 0 Å². The van der Waals surface area contributed by atoms with Crippen molar-refractivity contribution in [2.45, 2.75) is 39.7 Å². The van der Waals surface area contributed by atoms with Crippen LogP contribution in [-0.2, 0) is 4.74 Å². The van der Waals surface area contributed by atoms with Gasteiger partial charge in [-0.15, -0.1) is 0 Å². The van der Waals surface area contributed by atoms with Gasteiger partial charge in [0.1, 0.15) is 0 Å². The molecule has 0 spiro atoms. The fourth-order valence-electron chi connectivity index (χ4n) is 2.25. The highest BCUT2D eigenvalue weighted by atomic mass is 16.5. The number of rotatable bonds is 0. The van der Waals surface area contributed by atoms with Crippen LogP contribution in [0.5, 0.6) is 0 Å². The molecule has 2 atom stereocenters. The molecule has 0 saturated carbocycles. The van der Waals surface area contributed by atoms with Crippen molar-refractivity contribution in [2.75, 3.05) is 13.7 Å². The average molecular weight is 199 g/mol. The molecule has 1 saturated heterocycles. The molecule has 0 aromatic carbocycles. The van der Waals surface area contributed by atoms with Gasteiger partial charge in [0, 0.05) is 12.1 Å². The van der Waals surface area contributed by atoms with E-state index in [1.807, 2.05) is 4.90 Å². The Kier molecular flexibility index (Phi) is 3.07. The second kappa shape index (κ2) is 3.79. The maximum absolute atomic E-state index is 11.5. The third-order valence-corrected chi connectivity index (χ3v) is 3.39. The predicted octanol–water partition coefficient (Wildman–Crippen LogP) is 2.51. The summed E-state index contributed by atoms with van der Waals surface area (Å²) in [5.74, 6) is 1.23. The number of carbonyl (C=O) groups excluding carboxylic acids is 1. The number of hydrogen-bond donors (Lipinski definition) is 0. The van der Waals surface area contributed by atoms with Gasteiger partial charge in [-0.1, -0.05) is 13.8 Å². The minimum Gasteiger partial charge on any atom is -0.453 e. The molecule has 14 heavy (non-hydrogen) atoms. The number of nitrogens with zero attached hydrogens (tertiary/aromatic N) is 1. The zero-order valence-electron chi connectivity index (χ0n) is 9.83. The Morgan fingerprint density at radius 1 is 1.36 bits per heavy atom. The predicted molar refractivity (Wildman–Crippen MR) is 56.1 cm³/mol. The number of amides is 1. The largest absolute Gasteiger partial charge is 0.453 e. The summed E-state index contributed by atoms with van der Waals surface area (Å²) in [6.45, 7) is 9.45. The molecule has 1 fully saturated rings. The molecule has 3 heteroatoms. The van der Waals surface area contributed by atoms with Gasteiger partial charge in [0.2, 0.25) is 0 Å². The van der Waals surface area contributed by atoms with E-state index in [-0.39, 0.29) is 11.6 Å². The number of hydrogen-bond acceptors (Lipinski definition) is 2. The highest BCUT2D eigenvalue weighted by molar-refractivity contribution is 5.68. The van der Waals surface area contributed by atoms with Crippen LogP contribution in [0.1, 0.15) is 34.1 Å². The molecule has 0 bridgehead atoms.